The quantitative estimate of drug-likeness (QED) is 0.333. The van der Waals surface area contributed by atoms with Crippen molar-refractivity contribution in [1.82, 2.24) is 19.4 Å². The molecule has 0 radical (unpaired) electrons. The molecule has 0 spiro atoms. The van der Waals surface area contributed by atoms with Crippen LogP contribution in [-0.2, 0) is 24.4 Å². The second kappa shape index (κ2) is 11.3. The fraction of sp³-hybridized carbons (Fsp3) is 0.296. The number of H-pyrrole nitrogens is 1. The third-order valence-electron chi connectivity index (χ3n) is 5.84. The number of carbonyl (C=O) groups is 1. The predicted molar refractivity (Wildman–Crippen MR) is 142 cm³/mol. The van der Waals surface area contributed by atoms with E-state index in [1.807, 2.05) is 44.2 Å². The third-order valence-corrected chi connectivity index (χ3v) is 6.21. The standard InChI is InChI=1S/C27H29ClN4O4/c1-3-14-31-25-22(28)23(30-24(25)26(34)32(15-4-2)27(31)35)19-10-12-20(13-11-19)36-17-21(33)29-16-18-8-6-5-7-9-18/h5-13,30H,3-4,14-17H2,1-2H3,(H,29,33). The molecule has 2 aromatic carbocycles. The van der Waals surface area contributed by atoms with E-state index in [0.717, 1.165) is 17.5 Å². The van der Waals surface area contributed by atoms with Crippen LogP contribution in [-0.4, -0.2) is 26.6 Å². The first kappa shape index (κ1) is 25.3. The molecule has 2 heterocycles. The van der Waals surface area contributed by atoms with Crippen molar-refractivity contribution >= 4 is 28.5 Å². The molecule has 9 heteroatoms. The van der Waals surface area contributed by atoms with Crippen LogP contribution >= 0.6 is 11.6 Å². The second-order valence-electron chi connectivity index (χ2n) is 8.50. The van der Waals surface area contributed by atoms with E-state index in [0.29, 0.717) is 53.6 Å². The normalized spacial score (nSPS) is 11.1. The first-order chi connectivity index (χ1) is 17.4. The fourth-order valence-corrected chi connectivity index (χ4v) is 4.46. The lowest BCUT2D eigenvalue weighted by Crippen LogP contribution is -2.40. The van der Waals surface area contributed by atoms with Gasteiger partial charge in [0.25, 0.3) is 11.5 Å². The van der Waals surface area contributed by atoms with Crippen LogP contribution in [0.5, 0.6) is 5.75 Å². The van der Waals surface area contributed by atoms with Gasteiger partial charge in [0.15, 0.2) is 6.61 Å². The summed E-state index contributed by atoms with van der Waals surface area (Å²) in [6, 6.07) is 16.7. The molecule has 0 saturated heterocycles. The zero-order valence-corrected chi connectivity index (χ0v) is 21.1. The van der Waals surface area contributed by atoms with Gasteiger partial charge in [-0.15, -0.1) is 0 Å². The van der Waals surface area contributed by atoms with E-state index in [2.05, 4.69) is 10.3 Å². The predicted octanol–water partition coefficient (Wildman–Crippen LogP) is 4.33. The van der Waals surface area contributed by atoms with E-state index < -0.39 is 0 Å². The summed E-state index contributed by atoms with van der Waals surface area (Å²) >= 11 is 6.71. The molecule has 36 heavy (non-hydrogen) atoms. The van der Waals surface area contributed by atoms with Crippen molar-refractivity contribution in [3.8, 4) is 17.0 Å². The minimum absolute atomic E-state index is 0.112. The zero-order valence-electron chi connectivity index (χ0n) is 20.3. The number of aromatic amines is 1. The van der Waals surface area contributed by atoms with Gasteiger partial charge in [0, 0.05) is 19.6 Å². The molecule has 4 rings (SSSR count). The van der Waals surface area contributed by atoms with Gasteiger partial charge in [0.1, 0.15) is 11.3 Å². The summed E-state index contributed by atoms with van der Waals surface area (Å²) in [7, 11) is 0. The van der Waals surface area contributed by atoms with Crippen molar-refractivity contribution in [2.24, 2.45) is 0 Å². The van der Waals surface area contributed by atoms with Gasteiger partial charge in [-0.05, 0) is 48.2 Å². The Kier molecular flexibility index (Phi) is 7.95. The minimum Gasteiger partial charge on any atom is -0.484 e. The van der Waals surface area contributed by atoms with Crippen LogP contribution in [0.3, 0.4) is 0 Å². The molecule has 8 nitrogen and oxygen atoms in total. The molecule has 2 aromatic heterocycles. The molecule has 0 aliphatic rings. The van der Waals surface area contributed by atoms with Crippen LogP contribution < -0.4 is 21.3 Å². The number of rotatable bonds is 10. The number of halogens is 1. The van der Waals surface area contributed by atoms with Crippen LogP contribution in [0.25, 0.3) is 22.3 Å². The monoisotopic (exact) mass is 508 g/mol. The van der Waals surface area contributed by atoms with Gasteiger partial charge in [-0.1, -0.05) is 55.8 Å². The average Bonchev–Trinajstić information content (AvgIpc) is 3.24. The summed E-state index contributed by atoms with van der Waals surface area (Å²) in [6.45, 7) is 5.01. The lowest BCUT2D eigenvalue weighted by Gasteiger charge is -2.11. The number of amides is 1. The Bertz CT molecular complexity index is 1470. The van der Waals surface area contributed by atoms with Gasteiger partial charge in [-0.2, -0.15) is 0 Å². The molecule has 0 bridgehead atoms. The Balaban J connectivity index is 1.54. The van der Waals surface area contributed by atoms with E-state index in [9.17, 15) is 14.4 Å². The highest BCUT2D eigenvalue weighted by atomic mass is 35.5. The van der Waals surface area contributed by atoms with Crippen LogP contribution in [0.4, 0.5) is 0 Å². The average molecular weight is 509 g/mol. The molecular formula is C27H29ClN4O4. The van der Waals surface area contributed by atoms with Gasteiger partial charge >= 0.3 is 5.69 Å². The molecule has 4 aromatic rings. The maximum atomic E-state index is 13.0. The molecule has 0 aliphatic heterocycles. The zero-order chi connectivity index (χ0) is 25.7. The Morgan fingerprint density at radius 3 is 2.31 bits per heavy atom. The number of nitrogens with one attached hydrogen (secondary N) is 2. The Hall–Kier alpha value is -3.78. The van der Waals surface area contributed by atoms with Crippen molar-refractivity contribution < 1.29 is 9.53 Å². The fourth-order valence-electron chi connectivity index (χ4n) is 4.10. The number of nitrogens with zero attached hydrogens (tertiary/aromatic N) is 2. The third kappa shape index (κ3) is 5.23. The number of ether oxygens (including phenoxy) is 1. The summed E-state index contributed by atoms with van der Waals surface area (Å²) < 4.78 is 8.44. The first-order valence-corrected chi connectivity index (χ1v) is 12.4. The molecule has 0 unspecified atom stereocenters. The number of hydrogen-bond acceptors (Lipinski definition) is 4. The summed E-state index contributed by atoms with van der Waals surface area (Å²) in [5.74, 6) is 0.299. The molecule has 0 atom stereocenters. The molecule has 0 fully saturated rings. The van der Waals surface area contributed by atoms with Crippen LogP contribution in [0.15, 0.2) is 64.2 Å². The lowest BCUT2D eigenvalue weighted by molar-refractivity contribution is -0.123. The van der Waals surface area contributed by atoms with Crippen molar-refractivity contribution in [2.75, 3.05) is 6.61 Å². The lowest BCUT2D eigenvalue weighted by atomic mass is 10.1. The second-order valence-corrected chi connectivity index (χ2v) is 8.88. The van der Waals surface area contributed by atoms with Crippen molar-refractivity contribution in [1.29, 1.82) is 0 Å². The largest absolute Gasteiger partial charge is 0.484 e. The van der Waals surface area contributed by atoms with Crippen molar-refractivity contribution in [3.63, 3.8) is 0 Å². The summed E-state index contributed by atoms with van der Waals surface area (Å²) in [6.07, 6.45) is 1.39. The van der Waals surface area contributed by atoms with Crippen LogP contribution in [0.2, 0.25) is 5.02 Å². The first-order valence-electron chi connectivity index (χ1n) is 12.0. The van der Waals surface area contributed by atoms with Gasteiger partial charge in [-0.25, -0.2) is 4.79 Å². The van der Waals surface area contributed by atoms with E-state index in [1.54, 1.807) is 28.8 Å². The number of aryl methyl sites for hydroxylation is 1. The smallest absolute Gasteiger partial charge is 0.331 e. The maximum absolute atomic E-state index is 13.0. The van der Waals surface area contributed by atoms with Crippen molar-refractivity contribution in [2.45, 2.75) is 46.3 Å². The molecule has 0 aliphatic carbocycles. The Morgan fingerprint density at radius 1 is 0.972 bits per heavy atom. The van der Waals surface area contributed by atoms with E-state index in [-0.39, 0.29) is 23.8 Å². The van der Waals surface area contributed by atoms with Crippen LogP contribution in [0.1, 0.15) is 32.3 Å². The number of benzene rings is 2. The van der Waals surface area contributed by atoms with E-state index >= 15 is 0 Å². The Labute approximate surface area is 213 Å². The van der Waals surface area contributed by atoms with Crippen LogP contribution in [0, 0.1) is 0 Å². The molecule has 1 amide bonds. The molecule has 2 N–H and O–H groups in total. The van der Waals surface area contributed by atoms with E-state index in [1.165, 1.54) is 4.57 Å². The van der Waals surface area contributed by atoms with Gasteiger partial charge < -0.3 is 15.0 Å². The minimum atomic E-state index is -0.376. The molecule has 188 valence electrons. The highest BCUT2D eigenvalue weighted by molar-refractivity contribution is 6.38. The van der Waals surface area contributed by atoms with Gasteiger partial charge in [0.2, 0.25) is 0 Å². The van der Waals surface area contributed by atoms with E-state index in [4.69, 9.17) is 16.3 Å². The SMILES string of the molecule is CCCn1c(=O)c2[nH]c(-c3ccc(OCC(=O)NCc4ccccc4)cc3)c(Cl)c2n(CCC)c1=O. The Morgan fingerprint density at radius 2 is 1.64 bits per heavy atom. The number of hydrogen-bond donors (Lipinski definition) is 2. The summed E-state index contributed by atoms with van der Waals surface area (Å²) in [5.41, 5.74) is 2.30. The molecular weight excluding hydrogens is 480 g/mol. The molecule has 0 saturated carbocycles. The number of aromatic nitrogens is 3. The number of carbonyl (C=O) groups excluding carboxylic acids is 1. The van der Waals surface area contributed by atoms with Gasteiger partial charge in [-0.3, -0.25) is 18.7 Å². The number of fused-ring (bicyclic) bond motifs is 1. The van der Waals surface area contributed by atoms with Gasteiger partial charge in [0.05, 0.1) is 16.2 Å². The summed E-state index contributed by atoms with van der Waals surface area (Å²) in [5, 5.41) is 3.15. The topological polar surface area (TPSA) is 98.1 Å². The maximum Gasteiger partial charge on any atom is 0.331 e. The highest BCUT2D eigenvalue weighted by Crippen LogP contribution is 2.33. The van der Waals surface area contributed by atoms with Crippen molar-refractivity contribution in [3.05, 3.63) is 86.0 Å². The summed E-state index contributed by atoms with van der Waals surface area (Å²) in [4.78, 5) is 41.3. The highest BCUT2D eigenvalue weighted by Gasteiger charge is 2.21.